The minimum absolute atomic E-state index is 0.0532. The number of aliphatic hydroxyl groups excluding tert-OH is 1. The third-order valence-electron chi connectivity index (χ3n) is 15.5. The van der Waals surface area contributed by atoms with Crippen LogP contribution in [0, 0.1) is 29.6 Å². The van der Waals surface area contributed by atoms with Crippen molar-refractivity contribution in [1.82, 2.24) is 57.7 Å². The Kier molecular flexibility index (Phi) is 27.4. The zero-order chi connectivity index (χ0) is 62.9. The van der Waals surface area contributed by atoms with Gasteiger partial charge >= 0.3 is 0 Å². The zero-order valence-corrected chi connectivity index (χ0v) is 51.8. The molecule has 2 rings (SSSR count). The van der Waals surface area contributed by atoms with Crippen molar-refractivity contribution in [2.24, 2.45) is 35.3 Å². The molecule has 2 aliphatic heterocycles. The van der Waals surface area contributed by atoms with Crippen LogP contribution in [-0.4, -0.2) is 170 Å². The second-order valence-corrected chi connectivity index (χ2v) is 25.0. The first kappa shape index (κ1) is 71.7. The molecule has 0 saturated carbocycles. The predicted octanol–water partition coefficient (Wildman–Crippen LogP) is 0.290. The highest BCUT2D eigenvalue weighted by atomic mass is 16.3. The second-order valence-electron chi connectivity index (χ2n) is 25.0. The molecule has 12 amide bonds. The molecule has 0 aromatic rings. The largest absolute Gasteiger partial charge is 0.394 e. The SMILES string of the molecule is CCC(C)C(NC(=O)C1CCCN1C(=O)C(C)(C)NC(=O)C(NC(=O)C(NC(=O)C(CCC(N)=O)NC(=O)C(C)(CC)NC(C)=O)C(C)C)C(C)C)C(=O)NC(CC(C)C)C(=O)NC(C)(C)C(=O)N1CCCC1C(=O)NC(CO)C(C)C. The summed E-state index contributed by atoms with van der Waals surface area (Å²) in [6.07, 6.45) is 1.83. The van der Waals surface area contributed by atoms with Gasteiger partial charge in [-0.2, -0.15) is 0 Å². The van der Waals surface area contributed by atoms with E-state index < -0.39 is 154 Å². The number of amides is 12. The van der Waals surface area contributed by atoms with Gasteiger partial charge in [-0.1, -0.05) is 82.6 Å². The molecule has 2 fully saturated rings. The standard InChI is InChI=1S/C57H100N12O13/c1-18-34(11)44(50(78)59-37(28-30(3)4)46(74)66-55(13,14)53(81)68-26-20-22-39(68)47(75)60-38(29-70)31(5)6)64-48(76)40-23-21-27-69(40)54(82)56(15,16)67-51(79)43(33(9)10)63-49(77)42(32(7)8)62-45(73)36(24-25-41(58)72)61-52(80)57(17,19-2)65-35(12)71/h30-34,36-40,42-44,70H,18-29H2,1-17H3,(H2,58,72)(H,59,78)(H,60,75)(H,61,80)(H,62,73)(H,63,77)(H,64,76)(H,65,71)(H,66,74)(H,67,79). The Labute approximate surface area is 485 Å². The lowest BCUT2D eigenvalue weighted by molar-refractivity contribution is -0.146. The van der Waals surface area contributed by atoms with Gasteiger partial charge in [-0.05, 0) is 109 Å². The van der Waals surface area contributed by atoms with Crippen molar-refractivity contribution in [1.29, 1.82) is 0 Å². The predicted molar refractivity (Wildman–Crippen MR) is 307 cm³/mol. The summed E-state index contributed by atoms with van der Waals surface area (Å²) >= 11 is 0. The fraction of sp³-hybridized carbons (Fsp3) is 0.789. The van der Waals surface area contributed by atoms with Crippen LogP contribution >= 0.6 is 0 Å². The van der Waals surface area contributed by atoms with Crippen molar-refractivity contribution in [3.05, 3.63) is 0 Å². The Morgan fingerprint density at radius 1 is 0.561 bits per heavy atom. The van der Waals surface area contributed by atoms with Gasteiger partial charge in [-0.15, -0.1) is 0 Å². The molecule has 82 heavy (non-hydrogen) atoms. The molecule has 12 N–H and O–H groups in total. The van der Waals surface area contributed by atoms with Gasteiger partial charge in [-0.25, -0.2) is 0 Å². The van der Waals surface area contributed by atoms with Crippen LogP contribution in [0.1, 0.15) is 175 Å². The molecular weight excluding hydrogens is 1060 g/mol. The lowest BCUT2D eigenvalue weighted by atomic mass is 9.95. The molecule has 10 unspecified atom stereocenters. The van der Waals surface area contributed by atoms with E-state index in [-0.39, 0.29) is 63.6 Å². The zero-order valence-electron chi connectivity index (χ0n) is 51.8. The maximum atomic E-state index is 14.5. The summed E-state index contributed by atoms with van der Waals surface area (Å²) < 4.78 is 0. The number of nitrogens with one attached hydrogen (secondary N) is 9. The monoisotopic (exact) mass is 1160 g/mol. The fourth-order valence-corrected chi connectivity index (χ4v) is 9.92. The number of nitrogens with zero attached hydrogens (tertiary/aromatic N) is 2. The molecule has 0 radical (unpaired) electrons. The van der Waals surface area contributed by atoms with Gasteiger partial charge in [0.1, 0.15) is 58.9 Å². The van der Waals surface area contributed by atoms with E-state index in [2.05, 4.69) is 47.9 Å². The van der Waals surface area contributed by atoms with Gasteiger partial charge in [0, 0.05) is 26.4 Å². The highest BCUT2D eigenvalue weighted by molar-refractivity contribution is 6.01. The third-order valence-corrected chi connectivity index (χ3v) is 15.5. The normalized spacial score (nSPS) is 18.9. The van der Waals surface area contributed by atoms with Gasteiger partial charge in [0.15, 0.2) is 0 Å². The van der Waals surface area contributed by atoms with Crippen molar-refractivity contribution in [3.8, 4) is 0 Å². The molecular formula is C57H100N12O13. The van der Waals surface area contributed by atoms with Crippen molar-refractivity contribution in [2.75, 3.05) is 19.7 Å². The number of hydrogen-bond donors (Lipinski definition) is 11. The first-order chi connectivity index (χ1) is 37.9. The molecule has 0 bridgehead atoms. The van der Waals surface area contributed by atoms with Crippen LogP contribution in [0.15, 0.2) is 0 Å². The highest BCUT2D eigenvalue weighted by Gasteiger charge is 2.46. The van der Waals surface area contributed by atoms with Gasteiger partial charge in [-0.3, -0.25) is 57.5 Å². The van der Waals surface area contributed by atoms with Gasteiger partial charge < -0.3 is 68.5 Å². The first-order valence-electron chi connectivity index (χ1n) is 29.2. The van der Waals surface area contributed by atoms with E-state index in [4.69, 9.17) is 5.73 Å². The van der Waals surface area contributed by atoms with Crippen LogP contribution in [-0.2, 0) is 57.5 Å². The first-order valence-corrected chi connectivity index (χ1v) is 29.2. The van der Waals surface area contributed by atoms with E-state index in [1.807, 2.05) is 34.6 Å². The highest BCUT2D eigenvalue weighted by Crippen LogP contribution is 2.25. The Balaban J connectivity index is 2.29. The Bertz CT molecular complexity index is 2310. The van der Waals surface area contributed by atoms with Crippen LogP contribution in [0.5, 0.6) is 0 Å². The molecule has 0 aromatic carbocycles. The summed E-state index contributed by atoms with van der Waals surface area (Å²) in [6.45, 7) is 28.1. The third kappa shape index (κ3) is 20.2. The maximum Gasteiger partial charge on any atom is 0.248 e. The number of primary amides is 1. The van der Waals surface area contributed by atoms with Crippen LogP contribution in [0.4, 0.5) is 0 Å². The summed E-state index contributed by atoms with van der Waals surface area (Å²) in [5.41, 5.74) is 0.798. The minimum Gasteiger partial charge on any atom is -0.394 e. The number of carbonyl (C=O) groups excluding carboxylic acids is 12. The topological polar surface area (TPSA) is 366 Å². The molecule has 0 spiro atoms. The van der Waals surface area contributed by atoms with Gasteiger partial charge in [0.05, 0.1) is 12.6 Å². The van der Waals surface area contributed by atoms with Crippen LogP contribution in [0.2, 0.25) is 0 Å². The molecule has 466 valence electrons. The van der Waals surface area contributed by atoms with Crippen molar-refractivity contribution < 1.29 is 62.6 Å². The summed E-state index contributed by atoms with van der Waals surface area (Å²) in [6, 6.07) is -8.56. The van der Waals surface area contributed by atoms with E-state index in [1.165, 1.54) is 51.3 Å². The van der Waals surface area contributed by atoms with E-state index in [1.54, 1.807) is 41.5 Å². The lowest BCUT2D eigenvalue weighted by Crippen LogP contribution is -2.64. The van der Waals surface area contributed by atoms with Crippen molar-refractivity contribution in [2.45, 2.75) is 240 Å². The number of hydrogen-bond acceptors (Lipinski definition) is 13. The quantitative estimate of drug-likeness (QED) is 0.0445. The number of nitrogens with two attached hydrogens (primary N) is 1. The van der Waals surface area contributed by atoms with E-state index in [0.717, 1.165) is 0 Å². The van der Waals surface area contributed by atoms with Crippen molar-refractivity contribution in [3.63, 3.8) is 0 Å². The average molecular weight is 1160 g/mol. The number of likely N-dealkylation sites (tertiary alicyclic amines) is 2. The maximum absolute atomic E-state index is 14.5. The van der Waals surface area contributed by atoms with E-state index >= 15 is 0 Å². The smallest absolute Gasteiger partial charge is 0.248 e. The molecule has 2 heterocycles. The average Bonchev–Trinajstić information content (AvgIpc) is 4.09. The second kappa shape index (κ2) is 31.3. The molecule has 2 aliphatic rings. The molecule has 25 nitrogen and oxygen atoms in total. The number of carbonyl (C=O) groups is 12. The number of aliphatic hydroxyl groups is 1. The summed E-state index contributed by atoms with van der Waals surface area (Å²) in [4.78, 5) is 167. The molecule has 0 aliphatic carbocycles. The lowest BCUT2D eigenvalue weighted by Gasteiger charge is -2.36. The summed E-state index contributed by atoms with van der Waals surface area (Å²) in [5.74, 6) is -9.50. The van der Waals surface area contributed by atoms with Crippen LogP contribution in [0.3, 0.4) is 0 Å². The van der Waals surface area contributed by atoms with Crippen LogP contribution in [0.25, 0.3) is 0 Å². The Morgan fingerprint density at radius 2 is 1.02 bits per heavy atom. The molecule has 2 saturated heterocycles. The van der Waals surface area contributed by atoms with Gasteiger partial charge in [0.25, 0.3) is 0 Å². The Morgan fingerprint density at radius 3 is 1.45 bits per heavy atom. The molecule has 0 aromatic heterocycles. The van der Waals surface area contributed by atoms with Crippen LogP contribution < -0.4 is 53.6 Å². The summed E-state index contributed by atoms with van der Waals surface area (Å²) in [5, 5.41) is 34.4. The molecule has 25 heteroatoms. The Hall–Kier alpha value is -6.40. The van der Waals surface area contributed by atoms with Gasteiger partial charge in [0.2, 0.25) is 70.9 Å². The minimum atomic E-state index is -1.65. The number of rotatable bonds is 31. The van der Waals surface area contributed by atoms with E-state index in [0.29, 0.717) is 25.7 Å². The summed E-state index contributed by atoms with van der Waals surface area (Å²) in [7, 11) is 0. The van der Waals surface area contributed by atoms with Crippen molar-refractivity contribution >= 4 is 70.9 Å². The fourth-order valence-electron chi connectivity index (χ4n) is 9.92. The van der Waals surface area contributed by atoms with E-state index in [9.17, 15) is 62.6 Å². The molecule has 10 atom stereocenters.